The van der Waals surface area contributed by atoms with Crippen LogP contribution in [0.15, 0.2) is 103 Å². The number of halogens is 2. The number of ketones is 1. The van der Waals surface area contributed by atoms with E-state index in [1.54, 1.807) is 24.0 Å². The van der Waals surface area contributed by atoms with Crippen molar-refractivity contribution < 1.29 is 23.1 Å². The van der Waals surface area contributed by atoms with Gasteiger partial charge in [0.2, 0.25) is 5.91 Å². The predicted molar refractivity (Wildman–Crippen MR) is 152 cm³/mol. The molecule has 0 unspecified atom stereocenters. The van der Waals surface area contributed by atoms with Crippen molar-refractivity contribution in [3.05, 3.63) is 126 Å². The fourth-order valence-electron chi connectivity index (χ4n) is 3.41. The number of Topliss-reactive ketones (excluding diaryl/α,β-unsaturated/α-hetero) is 1. The topological polar surface area (TPSA) is 46.6 Å². The van der Waals surface area contributed by atoms with Gasteiger partial charge in [-0.1, -0.05) is 49.8 Å². The van der Waals surface area contributed by atoms with Crippen LogP contribution in [0.3, 0.4) is 0 Å². The van der Waals surface area contributed by atoms with Gasteiger partial charge in [-0.3, -0.25) is 9.59 Å². The second-order valence-electron chi connectivity index (χ2n) is 8.59. The molecular formula is C33H33F2NO3. The molecule has 3 aromatic rings. The van der Waals surface area contributed by atoms with Crippen LogP contribution in [-0.4, -0.2) is 17.7 Å². The van der Waals surface area contributed by atoms with Crippen molar-refractivity contribution in [3.8, 4) is 12.3 Å². The van der Waals surface area contributed by atoms with Gasteiger partial charge in [0, 0.05) is 23.2 Å². The molecule has 0 N–H and O–H groups in total. The number of nitrogens with zero attached hydrogens (tertiary/aromatic N) is 1. The van der Waals surface area contributed by atoms with Crippen LogP contribution in [0.1, 0.15) is 49.5 Å². The lowest BCUT2D eigenvalue weighted by atomic mass is 9.94. The summed E-state index contributed by atoms with van der Waals surface area (Å²) in [6.07, 6.45) is 8.05. The molecule has 39 heavy (non-hydrogen) atoms. The maximum Gasteiger partial charge on any atom is 0.230 e. The standard InChI is InChI=1S/C13H10FNO.C11H14O.C9H9FO/c1-3-9(2)12-8-13(16)15(12)11-6-4-10(14)5-7-11;1-3-10(2)12-9-11-7-5-4-6-8-11;1-2-9(11)7-3-5-8(10)6-4-7/h1,4-7,12H,2,8H2;3-8H,9H2,1-2H3;3-6H,2H2,1H3/b;10-3+;/t12-;;/m0../s1. The number of rotatable bonds is 7. The van der Waals surface area contributed by atoms with Gasteiger partial charge in [-0.15, -0.1) is 6.42 Å². The smallest absolute Gasteiger partial charge is 0.230 e. The molecular weight excluding hydrogens is 496 g/mol. The number of terminal acetylenes is 1. The molecule has 202 valence electrons. The van der Waals surface area contributed by atoms with E-state index in [0.29, 0.717) is 36.3 Å². The van der Waals surface area contributed by atoms with Crippen molar-refractivity contribution in [1.29, 1.82) is 0 Å². The number of carbonyl (C=O) groups excluding carboxylic acids is 2. The normalized spacial score (nSPS) is 13.9. The summed E-state index contributed by atoms with van der Waals surface area (Å²) in [6.45, 7) is 10.1. The van der Waals surface area contributed by atoms with Gasteiger partial charge < -0.3 is 9.64 Å². The molecule has 1 atom stereocenters. The SMILES string of the molecule is C#CC(=C)[C@@H]1CC(=O)N1c1ccc(F)cc1.C/C=C(\C)OCc1ccccc1.CCC(=O)c1ccc(F)cc1. The summed E-state index contributed by atoms with van der Waals surface area (Å²) in [5, 5.41) is 0. The first-order chi connectivity index (χ1) is 18.7. The minimum absolute atomic E-state index is 0.0204. The van der Waals surface area contributed by atoms with Gasteiger partial charge in [-0.25, -0.2) is 8.78 Å². The molecule has 0 spiro atoms. The zero-order valence-electron chi connectivity index (χ0n) is 22.5. The van der Waals surface area contributed by atoms with Gasteiger partial charge in [-0.05, 0) is 74.0 Å². The molecule has 1 amide bonds. The van der Waals surface area contributed by atoms with Crippen molar-refractivity contribution in [2.75, 3.05) is 4.90 Å². The Balaban J connectivity index is 0.000000210. The minimum Gasteiger partial charge on any atom is -0.494 e. The highest BCUT2D eigenvalue weighted by Crippen LogP contribution is 2.31. The molecule has 1 heterocycles. The average Bonchev–Trinajstić information content (AvgIpc) is 2.96. The van der Waals surface area contributed by atoms with Gasteiger partial charge in [0.15, 0.2) is 5.78 Å². The van der Waals surface area contributed by atoms with E-state index in [9.17, 15) is 18.4 Å². The molecule has 4 nitrogen and oxygen atoms in total. The van der Waals surface area contributed by atoms with Crippen LogP contribution in [-0.2, 0) is 16.1 Å². The number of ether oxygens (including phenoxy) is 1. The van der Waals surface area contributed by atoms with E-state index in [2.05, 4.69) is 24.6 Å². The highest BCUT2D eigenvalue weighted by Gasteiger charge is 2.38. The predicted octanol–water partition coefficient (Wildman–Crippen LogP) is 7.67. The number of carbonyl (C=O) groups is 2. The van der Waals surface area contributed by atoms with E-state index in [4.69, 9.17) is 11.2 Å². The average molecular weight is 530 g/mol. The van der Waals surface area contributed by atoms with Gasteiger partial charge in [0.05, 0.1) is 18.2 Å². The van der Waals surface area contributed by atoms with Crippen LogP contribution in [0.5, 0.6) is 0 Å². The second kappa shape index (κ2) is 15.7. The molecule has 1 aliphatic rings. The van der Waals surface area contributed by atoms with Crippen molar-refractivity contribution >= 4 is 17.4 Å². The molecule has 0 aromatic heterocycles. The molecule has 1 saturated heterocycles. The lowest BCUT2D eigenvalue weighted by molar-refractivity contribution is -0.123. The molecule has 0 radical (unpaired) electrons. The summed E-state index contributed by atoms with van der Waals surface area (Å²) in [7, 11) is 0. The zero-order chi connectivity index (χ0) is 28.8. The molecule has 3 aromatic carbocycles. The molecule has 6 heteroatoms. The largest absolute Gasteiger partial charge is 0.494 e. The first kappa shape index (κ1) is 30.7. The fourth-order valence-corrected chi connectivity index (χ4v) is 3.41. The quantitative estimate of drug-likeness (QED) is 0.137. The molecule has 4 rings (SSSR count). The number of allylic oxidation sites excluding steroid dienone is 2. The number of amides is 1. The maximum atomic E-state index is 12.7. The first-order valence-corrected chi connectivity index (χ1v) is 12.5. The van der Waals surface area contributed by atoms with E-state index in [1.807, 2.05) is 38.1 Å². The molecule has 0 saturated carbocycles. The Kier molecular flexibility index (Phi) is 12.4. The molecule has 0 aliphatic carbocycles. The zero-order valence-corrected chi connectivity index (χ0v) is 22.5. The summed E-state index contributed by atoms with van der Waals surface area (Å²) >= 11 is 0. The Morgan fingerprint density at radius 3 is 2.10 bits per heavy atom. The monoisotopic (exact) mass is 529 g/mol. The number of benzene rings is 3. The highest BCUT2D eigenvalue weighted by atomic mass is 19.1. The molecule has 0 bridgehead atoms. The van der Waals surface area contributed by atoms with Gasteiger partial charge >= 0.3 is 0 Å². The van der Waals surface area contributed by atoms with Crippen LogP contribution in [0.4, 0.5) is 14.5 Å². The van der Waals surface area contributed by atoms with Gasteiger partial charge in [0.25, 0.3) is 0 Å². The van der Waals surface area contributed by atoms with Crippen molar-refractivity contribution in [1.82, 2.24) is 0 Å². The van der Waals surface area contributed by atoms with E-state index < -0.39 is 0 Å². The van der Waals surface area contributed by atoms with E-state index in [0.717, 1.165) is 5.76 Å². The van der Waals surface area contributed by atoms with Crippen LogP contribution < -0.4 is 4.90 Å². The van der Waals surface area contributed by atoms with Crippen molar-refractivity contribution in [2.24, 2.45) is 0 Å². The summed E-state index contributed by atoms with van der Waals surface area (Å²) in [6, 6.07) is 21.3. The second-order valence-corrected chi connectivity index (χ2v) is 8.59. The van der Waals surface area contributed by atoms with Crippen molar-refractivity contribution in [3.63, 3.8) is 0 Å². The van der Waals surface area contributed by atoms with E-state index >= 15 is 0 Å². The van der Waals surface area contributed by atoms with Crippen molar-refractivity contribution in [2.45, 2.75) is 46.3 Å². The summed E-state index contributed by atoms with van der Waals surface area (Å²) in [4.78, 5) is 24.0. The number of hydrogen-bond donors (Lipinski definition) is 0. The molecule has 1 fully saturated rings. The summed E-state index contributed by atoms with van der Waals surface area (Å²) in [5.41, 5.74) is 3.01. The highest BCUT2D eigenvalue weighted by molar-refractivity contribution is 6.02. The Morgan fingerprint density at radius 2 is 1.62 bits per heavy atom. The van der Waals surface area contributed by atoms with E-state index in [-0.39, 0.29) is 29.4 Å². The number of hydrogen-bond acceptors (Lipinski definition) is 3. The van der Waals surface area contributed by atoms with Gasteiger partial charge in [0.1, 0.15) is 18.2 Å². The number of β-lactam (4-membered cyclic amide) rings is 1. The lowest BCUT2D eigenvalue weighted by Gasteiger charge is -2.40. The Bertz CT molecular complexity index is 1310. The Labute approximate surface area is 229 Å². The van der Waals surface area contributed by atoms with Crippen LogP contribution in [0, 0.1) is 24.0 Å². The Morgan fingerprint density at radius 1 is 1.05 bits per heavy atom. The Hall–Kier alpha value is -4.50. The fraction of sp³-hybridized carbons (Fsp3) is 0.212. The number of anilines is 1. The minimum atomic E-state index is -0.330. The molecule has 1 aliphatic heterocycles. The third kappa shape index (κ3) is 9.71. The van der Waals surface area contributed by atoms with Crippen LogP contribution >= 0.6 is 0 Å². The van der Waals surface area contributed by atoms with Crippen LogP contribution in [0.2, 0.25) is 0 Å². The maximum absolute atomic E-state index is 12.7. The summed E-state index contributed by atoms with van der Waals surface area (Å²) in [5.74, 6) is 2.80. The van der Waals surface area contributed by atoms with Gasteiger partial charge in [-0.2, -0.15) is 0 Å². The summed E-state index contributed by atoms with van der Waals surface area (Å²) < 4.78 is 30.5. The lowest BCUT2D eigenvalue weighted by Crippen LogP contribution is -2.53. The van der Waals surface area contributed by atoms with E-state index in [1.165, 1.54) is 42.0 Å². The third-order valence-electron chi connectivity index (χ3n) is 5.84. The third-order valence-corrected chi connectivity index (χ3v) is 5.84. The first-order valence-electron chi connectivity index (χ1n) is 12.5. The van der Waals surface area contributed by atoms with Crippen LogP contribution in [0.25, 0.3) is 0 Å².